The fourth-order valence-corrected chi connectivity index (χ4v) is 14.0. The van der Waals surface area contributed by atoms with E-state index in [0.29, 0.717) is 62.9 Å². The Hall–Kier alpha value is -8.29. The number of rotatable bonds is 67. The van der Waals surface area contributed by atoms with Crippen LogP contribution in [0.1, 0.15) is 354 Å². The summed E-state index contributed by atoms with van der Waals surface area (Å²) in [4.78, 5) is 141. The number of allylic oxidation sites excluding steroid dienone is 3. The van der Waals surface area contributed by atoms with E-state index in [0.717, 1.165) is 196 Å². The zero-order valence-corrected chi connectivity index (χ0v) is 73.2. The van der Waals surface area contributed by atoms with Gasteiger partial charge in [-0.2, -0.15) is 0 Å². The Bertz CT molecular complexity index is 3180. The predicted octanol–water partition coefficient (Wildman–Crippen LogP) is 18.3. The van der Waals surface area contributed by atoms with Gasteiger partial charge in [-0.25, -0.2) is 9.59 Å². The lowest BCUT2D eigenvalue weighted by molar-refractivity contribution is -0.199. The van der Waals surface area contributed by atoms with Gasteiger partial charge in [0.1, 0.15) is 49.8 Å². The fourth-order valence-electron chi connectivity index (χ4n) is 14.0. The monoisotopic (exact) mass is 1670 g/mol. The van der Waals surface area contributed by atoms with Crippen molar-refractivity contribution in [2.75, 3.05) is 39.5 Å². The fraction of sp³-hybridized carbons (Fsp3) is 0.691. The largest absolute Gasteiger partial charge is 0.462 e. The van der Waals surface area contributed by atoms with Crippen LogP contribution in [0.15, 0.2) is 85.0 Å². The van der Waals surface area contributed by atoms with Crippen LogP contribution in [0, 0.1) is 0 Å². The van der Waals surface area contributed by atoms with Crippen LogP contribution in [0.5, 0.6) is 0 Å². The first-order valence-corrected chi connectivity index (χ1v) is 45.1. The number of carbonyl (C=O) groups is 11. The second kappa shape index (κ2) is 66.4. The average Bonchev–Trinajstić information content (AvgIpc) is 1.62. The van der Waals surface area contributed by atoms with Gasteiger partial charge in [0.25, 0.3) is 11.8 Å². The lowest BCUT2D eigenvalue weighted by Crippen LogP contribution is -2.45. The zero-order valence-electron chi connectivity index (χ0n) is 73.2. The molecule has 4 rings (SSSR count). The molecule has 1 saturated heterocycles. The number of ether oxygens (including phenoxy) is 8. The van der Waals surface area contributed by atoms with Crippen LogP contribution in [0.25, 0.3) is 11.1 Å². The van der Waals surface area contributed by atoms with Gasteiger partial charge in [0.2, 0.25) is 0 Å². The number of imide groups is 1. The third-order valence-corrected chi connectivity index (χ3v) is 20.5. The Labute approximate surface area is 710 Å². The van der Waals surface area contributed by atoms with Crippen LogP contribution in [0.2, 0.25) is 0 Å². The van der Waals surface area contributed by atoms with Crippen molar-refractivity contribution in [1.82, 2.24) is 10.4 Å². The van der Waals surface area contributed by atoms with Gasteiger partial charge in [-0.15, -0.1) is 5.06 Å². The number of unbranched alkanes of at least 4 members (excludes halogenated alkanes) is 26. The highest BCUT2D eigenvalue weighted by Crippen LogP contribution is 2.44. The van der Waals surface area contributed by atoms with Gasteiger partial charge in [-0.1, -0.05) is 234 Å². The number of fused-ring (bicyclic) bond motifs is 3. The molecule has 0 aromatic heterocycles. The third kappa shape index (κ3) is 51.2. The SMILES string of the molecule is CC(C)(C)OC(=O)CCCCC[C@H](NC(=O)OCC1c2ccccc2-c2ccccc21)C(=O)ON1C(=O)CCC1=O.CCCCCC[C@H](C/C=C\CCCCCCCC(=O)OCC(COC(=O)CCCCCCC/C=C\C[C@@H](CCCCCC)OC(=O)CN)OC(=O)CCCCCCC/C=C\C[C@@H](CCCCCC)OC(=O)CN)OC(=O)CN. The molecule has 1 fully saturated rings. The van der Waals surface area contributed by atoms with Crippen molar-refractivity contribution in [3.63, 3.8) is 0 Å². The molecule has 25 nitrogen and oxygen atoms in total. The second-order valence-electron chi connectivity index (χ2n) is 32.2. The Morgan fingerprint density at radius 1 is 0.412 bits per heavy atom. The Morgan fingerprint density at radius 3 is 1.15 bits per heavy atom. The van der Waals surface area contributed by atoms with Gasteiger partial charge in [0.15, 0.2) is 6.10 Å². The van der Waals surface area contributed by atoms with E-state index < -0.39 is 47.6 Å². The number of esters is 7. The van der Waals surface area contributed by atoms with Crippen molar-refractivity contribution >= 4 is 65.7 Å². The number of alkyl carbamates (subject to hydrolysis) is 1. The van der Waals surface area contributed by atoms with Crippen LogP contribution in [0.3, 0.4) is 0 Å². The first kappa shape index (κ1) is 105. The number of benzene rings is 2. The van der Waals surface area contributed by atoms with Crippen LogP contribution >= 0.6 is 0 Å². The highest BCUT2D eigenvalue weighted by molar-refractivity contribution is 6.02. The molecule has 4 atom stereocenters. The number of nitrogens with zero attached hydrogens (tertiary/aromatic N) is 1. The lowest BCUT2D eigenvalue weighted by atomic mass is 9.98. The summed E-state index contributed by atoms with van der Waals surface area (Å²) < 4.78 is 44.3. The molecule has 2 aromatic carbocycles. The van der Waals surface area contributed by atoms with Crippen molar-refractivity contribution in [3.8, 4) is 11.1 Å². The number of nitrogens with one attached hydrogen (secondary N) is 1. The minimum atomic E-state index is -1.16. The van der Waals surface area contributed by atoms with Crippen molar-refractivity contribution in [2.24, 2.45) is 17.2 Å². The molecule has 0 spiro atoms. The van der Waals surface area contributed by atoms with E-state index in [4.69, 9.17) is 59.9 Å². The van der Waals surface area contributed by atoms with E-state index >= 15 is 0 Å². The number of hydrogen-bond acceptors (Lipinski definition) is 23. The summed E-state index contributed by atoms with van der Waals surface area (Å²) in [7, 11) is 0. The average molecular weight is 1670 g/mol. The van der Waals surface area contributed by atoms with Gasteiger partial charge >= 0.3 is 53.8 Å². The van der Waals surface area contributed by atoms with Crippen LogP contribution in [-0.2, 0) is 90.7 Å². The molecule has 0 radical (unpaired) electrons. The molecule has 25 heteroatoms. The smallest absolute Gasteiger partial charge is 0.407 e. The first-order valence-electron chi connectivity index (χ1n) is 45.1. The van der Waals surface area contributed by atoms with E-state index in [1.807, 2.05) is 48.5 Å². The molecular weight excluding hydrogens is 1520 g/mol. The first-order chi connectivity index (χ1) is 57.5. The molecule has 2 aromatic rings. The maximum absolute atomic E-state index is 13.0. The van der Waals surface area contributed by atoms with E-state index in [2.05, 4.69) is 62.5 Å². The minimum absolute atomic E-state index is 0.0404. The van der Waals surface area contributed by atoms with Crippen LogP contribution < -0.4 is 22.5 Å². The summed E-state index contributed by atoms with van der Waals surface area (Å²) in [6.07, 6.45) is 48.1. The minimum Gasteiger partial charge on any atom is -0.462 e. The van der Waals surface area contributed by atoms with E-state index in [1.165, 1.54) is 19.3 Å². The summed E-state index contributed by atoms with van der Waals surface area (Å²) >= 11 is 0. The van der Waals surface area contributed by atoms with Crippen molar-refractivity contribution in [3.05, 3.63) is 96.1 Å². The summed E-state index contributed by atoms with van der Waals surface area (Å²) in [6.45, 7) is 11.3. The number of hydrogen-bond donors (Lipinski definition) is 4. The summed E-state index contributed by atoms with van der Waals surface area (Å²) in [5, 5.41) is 3.00. The van der Waals surface area contributed by atoms with Crippen LogP contribution in [0.4, 0.5) is 4.79 Å². The zero-order chi connectivity index (χ0) is 86.9. The molecule has 119 heavy (non-hydrogen) atoms. The summed E-state index contributed by atoms with van der Waals surface area (Å²) in [6, 6.07) is 14.7. The van der Waals surface area contributed by atoms with Gasteiger partial charge in [0.05, 0.1) is 19.6 Å². The van der Waals surface area contributed by atoms with Gasteiger partial charge in [-0.05, 0) is 152 Å². The van der Waals surface area contributed by atoms with Gasteiger partial charge in [0, 0.05) is 63.7 Å². The number of nitrogens with two attached hydrogens (primary N) is 3. The molecule has 2 aliphatic rings. The predicted molar refractivity (Wildman–Crippen MR) is 461 cm³/mol. The molecule has 0 unspecified atom stereocenters. The number of carbonyl (C=O) groups excluding carboxylic acids is 11. The number of amides is 3. The molecular formula is C94H149N5O20. The quantitative estimate of drug-likeness (QED) is 0.0157. The molecule has 1 heterocycles. The van der Waals surface area contributed by atoms with E-state index in [9.17, 15) is 52.7 Å². The molecule has 7 N–H and O–H groups in total. The Balaban J connectivity index is 0.000000739. The maximum Gasteiger partial charge on any atom is 0.407 e. The normalized spacial score (nSPS) is 13.6. The van der Waals surface area contributed by atoms with E-state index in [1.54, 1.807) is 20.8 Å². The molecule has 1 aliphatic heterocycles. The third-order valence-electron chi connectivity index (χ3n) is 20.5. The topological polar surface area (TPSA) is 364 Å². The summed E-state index contributed by atoms with van der Waals surface area (Å²) in [5.74, 6) is -4.86. The van der Waals surface area contributed by atoms with Crippen LogP contribution in [-0.4, -0.2) is 146 Å². The molecule has 3 amide bonds. The van der Waals surface area contributed by atoms with Gasteiger partial charge < -0.3 is 65.3 Å². The maximum atomic E-state index is 13.0. The molecule has 670 valence electrons. The Morgan fingerprint density at radius 2 is 0.756 bits per heavy atom. The standard InChI is InChI=1S/C63H113N3O12.C31H36N2O8/c1-4-7-10-31-40-54(75-61(70)49-64)43-34-25-19-13-16-22-28-37-46-58(67)73-52-57(78-60(69)48-39-30-24-18-15-21-27-36-45-56(77-63(72)51-66)42-33-12-9-6-3)53-74-59(68)47-38-29-23-17-14-20-26-35-44-55(76-62(71)50-65)41-32-11-8-5-2;1-31(2,3)40-28(36)16-6-4-5-15-25(29(37)41-33-26(34)17-18-27(33)35)32-30(38)39-19-24-22-13-9-7-11-20(22)21-12-8-10-14-23(21)24/h25-27,34-36,54-57H,4-24,28-33,37-53,64-66H2,1-3H3;7-14,24-25H,4-6,15-19H2,1-3H3,(H,32,38)/b34-25-,35-26-,36-27-;/t54-,55-,56-;25-/m10/s1. The highest BCUT2D eigenvalue weighted by atomic mass is 16.7. The van der Waals surface area contributed by atoms with Gasteiger partial charge in [-0.3, -0.25) is 43.2 Å². The summed E-state index contributed by atoms with van der Waals surface area (Å²) in [5.41, 5.74) is 20.1. The van der Waals surface area contributed by atoms with Crippen molar-refractivity contribution in [1.29, 1.82) is 0 Å². The molecule has 0 saturated carbocycles. The molecule has 1 aliphatic carbocycles. The highest BCUT2D eigenvalue weighted by Gasteiger charge is 2.36. The van der Waals surface area contributed by atoms with E-state index in [-0.39, 0.29) is 144 Å². The number of hydroxylamine groups is 2. The molecule has 0 bridgehead atoms. The lowest BCUT2D eigenvalue weighted by Gasteiger charge is -2.21. The van der Waals surface area contributed by atoms with Crippen molar-refractivity contribution < 1.29 is 95.5 Å². The Kier molecular flexibility index (Phi) is 58.6. The van der Waals surface area contributed by atoms with Crippen molar-refractivity contribution in [2.45, 2.75) is 379 Å². The second-order valence-corrected chi connectivity index (χ2v) is 32.2.